The van der Waals surface area contributed by atoms with Crippen molar-refractivity contribution < 1.29 is 23.9 Å². The van der Waals surface area contributed by atoms with E-state index >= 15 is 0 Å². The molecular formula is C49H96N2O5. The molecule has 0 fully saturated rings. The maximum absolute atomic E-state index is 12.8. The second kappa shape index (κ2) is 43.0. The van der Waals surface area contributed by atoms with Crippen molar-refractivity contribution in [1.82, 2.24) is 9.96 Å². The normalized spacial score (nSPS) is 11.5. The van der Waals surface area contributed by atoms with E-state index in [0.29, 0.717) is 12.8 Å². The van der Waals surface area contributed by atoms with Crippen LogP contribution in [0.25, 0.3) is 0 Å². The lowest BCUT2D eigenvalue weighted by atomic mass is 10.0. The van der Waals surface area contributed by atoms with Gasteiger partial charge in [-0.15, -0.1) is 0 Å². The molecule has 0 aromatic rings. The van der Waals surface area contributed by atoms with Crippen molar-refractivity contribution in [1.29, 1.82) is 0 Å². The molecule has 0 bridgehead atoms. The van der Waals surface area contributed by atoms with E-state index in [1.54, 1.807) is 14.2 Å². The van der Waals surface area contributed by atoms with Crippen LogP contribution in [0.15, 0.2) is 12.3 Å². The number of nitrogens with zero attached hydrogens (tertiary/aromatic N) is 2. The zero-order chi connectivity index (χ0) is 41.2. The number of allylic oxidation sites excluding steroid dienone is 1. The van der Waals surface area contributed by atoms with E-state index < -0.39 is 0 Å². The minimum Gasteiger partial charge on any atom is -0.499 e. The van der Waals surface area contributed by atoms with Crippen molar-refractivity contribution in [3.05, 3.63) is 12.3 Å². The summed E-state index contributed by atoms with van der Waals surface area (Å²) in [6.45, 7) is 14.9. The first kappa shape index (κ1) is 54.4. The van der Waals surface area contributed by atoms with E-state index in [9.17, 15) is 9.59 Å². The number of carbonyl (C=O) groups excluding carboxylic acids is 2. The molecule has 0 aliphatic carbocycles. The Hall–Kier alpha value is -1.60. The number of esters is 1. The number of hydroxylamine groups is 2. The van der Waals surface area contributed by atoms with Gasteiger partial charge in [-0.2, -0.15) is 0 Å². The van der Waals surface area contributed by atoms with Crippen LogP contribution in [0.4, 0.5) is 0 Å². The third kappa shape index (κ3) is 37.9. The van der Waals surface area contributed by atoms with Gasteiger partial charge in [-0.25, -0.2) is 5.06 Å². The summed E-state index contributed by atoms with van der Waals surface area (Å²) in [4.78, 5) is 32.7. The van der Waals surface area contributed by atoms with Gasteiger partial charge < -0.3 is 14.4 Å². The molecule has 0 spiro atoms. The lowest BCUT2D eigenvalue weighted by Gasteiger charge is -2.23. The van der Waals surface area contributed by atoms with Crippen LogP contribution in [0.1, 0.15) is 245 Å². The lowest BCUT2D eigenvalue weighted by molar-refractivity contribution is -0.168. The molecule has 0 heterocycles. The molecule has 0 aromatic heterocycles. The standard InChI is InChI=1S/C49H96N2O5/c1-7-10-13-16-19-28-35-45-55-46(4)37-29-22-20-26-33-42-51(44-36-40-48(52)50(5)54-6)43-34-27-21-25-32-41-49(53)56-47(38-30-23-17-14-11-8-2)39-31-24-18-15-12-9-3/h47H,4,7-45H2,1-3,5-6H3. The molecular weight excluding hydrogens is 697 g/mol. The van der Waals surface area contributed by atoms with Crippen molar-refractivity contribution in [3.63, 3.8) is 0 Å². The zero-order valence-electron chi connectivity index (χ0n) is 38.3. The largest absolute Gasteiger partial charge is 0.499 e. The SMILES string of the molecule is C=C(CCCCCCCN(CCCCCCCC(=O)OC(CCCCCCCC)CCCCCCCC)CCCC(=O)N(C)OC)OCCCCCCCCC. The molecule has 0 saturated carbocycles. The Labute approximate surface area is 349 Å². The van der Waals surface area contributed by atoms with Gasteiger partial charge in [0.05, 0.1) is 19.5 Å². The molecule has 0 aromatic carbocycles. The molecule has 0 aliphatic heterocycles. The number of carbonyl (C=O) groups is 2. The first-order valence-electron chi connectivity index (χ1n) is 24.4. The monoisotopic (exact) mass is 793 g/mol. The number of unbranched alkanes of at least 4 members (excludes halogenated alkanes) is 24. The second-order valence-corrected chi connectivity index (χ2v) is 16.8. The van der Waals surface area contributed by atoms with Crippen LogP contribution < -0.4 is 0 Å². The average Bonchev–Trinajstić information content (AvgIpc) is 3.19. The molecule has 0 N–H and O–H groups in total. The van der Waals surface area contributed by atoms with Gasteiger partial charge in [-0.3, -0.25) is 14.4 Å². The fourth-order valence-electron chi connectivity index (χ4n) is 7.53. The number of rotatable bonds is 45. The molecule has 56 heavy (non-hydrogen) atoms. The van der Waals surface area contributed by atoms with E-state index in [1.165, 1.54) is 153 Å². The highest BCUT2D eigenvalue weighted by Gasteiger charge is 2.15. The Morgan fingerprint density at radius 3 is 1.41 bits per heavy atom. The molecule has 1 amide bonds. The Morgan fingerprint density at radius 2 is 0.911 bits per heavy atom. The summed E-state index contributed by atoms with van der Waals surface area (Å²) in [5, 5.41) is 1.33. The van der Waals surface area contributed by atoms with Crippen LogP contribution in [0.3, 0.4) is 0 Å². The lowest BCUT2D eigenvalue weighted by Crippen LogP contribution is -2.30. The number of amides is 1. The highest BCUT2D eigenvalue weighted by atomic mass is 16.7. The van der Waals surface area contributed by atoms with Gasteiger partial charge in [0.25, 0.3) is 0 Å². The van der Waals surface area contributed by atoms with E-state index in [1.807, 2.05) is 0 Å². The summed E-state index contributed by atoms with van der Waals surface area (Å²) in [7, 11) is 3.22. The molecule has 0 aliphatic rings. The van der Waals surface area contributed by atoms with Gasteiger partial charge in [0, 0.05) is 26.3 Å². The molecule has 0 radical (unpaired) electrons. The van der Waals surface area contributed by atoms with Gasteiger partial charge in [0.15, 0.2) is 0 Å². The van der Waals surface area contributed by atoms with E-state index in [2.05, 4.69) is 32.3 Å². The van der Waals surface area contributed by atoms with Crippen LogP contribution in [-0.4, -0.2) is 68.3 Å². The predicted molar refractivity (Wildman–Crippen MR) is 240 cm³/mol. The average molecular weight is 793 g/mol. The minimum absolute atomic E-state index is 0.0175. The second-order valence-electron chi connectivity index (χ2n) is 16.8. The maximum atomic E-state index is 12.8. The fraction of sp³-hybridized carbons (Fsp3) is 0.918. The van der Waals surface area contributed by atoms with E-state index in [0.717, 1.165) is 96.2 Å². The third-order valence-electron chi connectivity index (χ3n) is 11.4. The van der Waals surface area contributed by atoms with Gasteiger partial charge in [0.2, 0.25) is 5.91 Å². The predicted octanol–water partition coefficient (Wildman–Crippen LogP) is 14.5. The van der Waals surface area contributed by atoms with Crippen molar-refractivity contribution in [2.75, 3.05) is 40.4 Å². The fourth-order valence-corrected chi connectivity index (χ4v) is 7.53. The summed E-state index contributed by atoms with van der Waals surface area (Å²) in [5.41, 5.74) is 0. The van der Waals surface area contributed by atoms with Crippen LogP contribution in [0.5, 0.6) is 0 Å². The summed E-state index contributed by atoms with van der Waals surface area (Å²) in [6, 6.07) is 0. The Kier molecular flexibility index (Phi) is 41.8. The van der Waals surface area contributed by atoms with Crippen LogP contribution in [0, 0.1) is 0 Å². The Morgan fingerprint density at radius 1 is 0.500 bits per heavy atom. The number of ether oxygens (including phenoxy) is 2. The molecule has 7 nitrogen and oxygen atoms in total. The highest BCUT2D eigenvalue weighted by Crippen LogP contribution is 2.19. The van der Waals surface area contributed by atoms with Gasteiger partial charge in [0.1, 0.15) is 6.10 Å². The first-order chi connectivity index (χ1) is 27.4. The quantitative estimate of drug-likeness (QED) is 0.0265. The summed E-state index contributed by atoms with van der Waals surface area (Å²) < 4.78 is 12.0. The highest BCUT2D eigenvalue weighted by molar-refractivity contribution is 5.74. The Balaban J connectivity index is 4.37. The topological polar surface area (TPSA) is 68.3 Å². The maximum Gasteiger partial charge on any atom is 0.306 e. The number of hydrogen-bond donors (Lipinski definition) is 0. The van der Waals surface area contributed by atoms with Gasteiger partial charge in [-0.1, -0.05) is 169 Å². The summed E-state index contributed by atoms with van der Waals surface area (Å²) in [6.07, 6.45) is 41.2. The third-order valence-corrected chi connectivity index (χ3v) is 11.4. The molecule has 0 rings (SSSR count). The van der Waals surface area contributed by atoms with Crippen LogP contribution >= 0.6 is 0 Å². The van der Waals surface area contributed by atoms with Crippen molar-refractivity contribution in [2.24, 2.45) is 0 Å². The van der Waals surface area contributed by atoms with E-state index in [-0.39, 0.29) is 18.0 Å². The zero-order valence-corrected chi connectivity index (χ0v) is 38.3. The smallest absolute Gasteiger partial charge is 0.306 e. The molecule has 0 saturated heterocycles. The van der Waals surface area contributed by atoms with Gasteiger partial charge in [-0.05, 0) is 83.8 Å². The van der Waals surface area contributed by atoms with Gasteiger partial charge >= 0.3 is 5.97 Å². The first-order valence-corrected chi connectivity index (χ1v) is 24.4. The molecule has 0 atom stereocenters. The van der Waals surface area contributed by atoms with Crippen molar-refractivity contribution in [3.8, 4) is 0 Å². The van der Waals surface area contributed by atoms with E-state index in [4.69, 9.17) is 14.3 Å². The molecule has 7 heteroatoms. The summed E-state index contributed by atoms with van der Waals surface area (Å²) >= 11 is 0. The number of hydrogen-bond acceptors (Lipinski definition) is 6. The molecule has 332 valence electrons. The Bertz CT molecular complexity index is 851. The summed E-state index contributed by atoms with van der Waals surface area (Å²) in [5.74, 6) is 1.01. The van der Waals surface area contributed by atoms with Crippen molar-refractivity contribution >= 4 is 11.9 Å². The van der Waals surface area contributed by atoms with Crippen LogP contribution in [-0.2, 0) is 23.9 Å². The molecule has 0 unspecified atom stereocenters. The minimum atomic E-state index is 0.0175. The van der Waals surface area contributed by atoms with Crippen molar-refractivity contribution in [2.45, 2.75) is 252 Å². The van der Waals surface area contributed by atoms with Crippen LogP contribution in [0.2, 0.25) is 0 Å².